The summed E-state index contributed by atoms with van der Waals surface area (Å²) in [6.07, 6.45) is 1.09. The number of amides is 2. The van der Waals surface area contributed by atoms with Crippen LogP contribution in [0.4, 0.5) is 8.78 Å². The number of halogens is 3. The van der Waals surface area contributed by atoms with Crippen molar-refractivity contribution in [2.45, 2.75) is 0 Å². The number of hydrogen-bond donors (Lipinski definition) is 1. The molecule has 0 saturated carbocycles. The molecule has 0 aliphatic carbocycles. The summed E-state index contributed by atoms with van der Waals surface area (Å²) >= 11 is 5.56. The predicted molar refractivity (Wildman–Crippen MR) is 70.3 cm³/mol. The number of hydrogen-bond acceptors (Lipinski definition) is 4. The molecule has 21 heavy (non-hydrogen) atoms. The minimum absolute atomic E-state index is 0.0491. The van der Waals surface area contributed by atoms with Gasteiger partial charge in [-0.1, -0.05) is 17.7 Å². The summed E-state index contributed by atoms with van der Waals surface area (Å²) in [6.45, 7) is 0. The lowest BCUT2D eigenvalue weighted by Gasteiger charge is -2.15. The summed E-state index contributed by atoms with van der Waals surface area (Å²) in [4.78, 5) is 27.5. The van der Waals surface area contributed by atoms with E-state index in [0.717, 1.165) is 24.4 Å². The maximum Gasteiger partial charge on any atom is 0.281 e. The molecule has 0 aliphatic heterocycles. The molecule has 0 aliphatic rings. The summed E-state index contributed by atoms with van der Waals surface area (Å²) in [5.41, 5.74) is -0.956. The molecule has 1 aromatic heterocycles. The molecule has 2 aromatic rings. The van der Waals surface area contributed by atoms with Crippen LogP contribution in [0.3, 0.4) is 0 Å². The lowest BCUT2D eigenvalue weighted by Crippen LogP contribution is -2.43. The molecule has 0 saturated heterocycles. The average Bonchev–Trinajstić information content (AvgIpc) is 2.46. The fourth-order valence-electron chi connectivity index (χ4n) is 1.56. The van der Waals surface area contributed by atoms with Gasteiger partial charge in [-0.3, -0.25) is 9.59 Å². The van der Waals surface area contributed by atoms with Crippen LogP contribution in [0.25, 0.3) is 0 Å². The van der Waals surface area contributed by atoms with Crippen LogP contribution in [-0.2, 0) is 0 Å². The van der Waals surface area contributed by atoms with Crippen LogP contribution in [0, 0.1) is 11.6 Å². The number of nitrogens with two attached hydrogens (primary N) is 1. The van der Waals surface area contributed by atoms with Gasteiger partial charge in [-0.15, -0.1) is 0 Å². The smallest absolute Gasteiger partial charge is 0.267 e. The number of imide groups is 1. The van der Waals surface area contributed by atoms with Crippen molar-refractivity contribution in [3.63, 3.8) is 0 Å². The first-order valence-electron chi connectivity index (χ1n) is 5.61. The van der Waals surface area contributed by atoms with Crippen LogP contribution in [-0.4, -0.2) is 21.8 Å². The SMILES string of the molecule is NN(C(=O)c1ccc(Cl)nc1)C(=O)c1c(F)cccc1F. The Kier molecular flexibility index (Phi) is 4.25. The molecule has 0 atom stereocenters. The van der Waals surface area contributed by atoms with E-state index in [1.54, 1.807) is 0 Å². The summed E-state index contributed by atoms with van der Waals surface area (Å²) in [5, 5.41) is 0.258. The highest BCUT2D eigenvalue weighted by molar-refractivity contribution is 6.29. The van der Waals surface area contributed by atoms with Crippen molar-refractivity contribution in [1.29, 1.82) is 0 Å². The minimum atomic E-state index is -1.30. The number of carbonyl (C=O) groups excluding carboxylic acids is 2. The Labute approximate surface area is 122 Å². The van der Waals surface area contributed by atoms with E-state index in [-0.39, 0.29) is 15.7 Å². The first kappa shape index (κ1) is 15.0. The molecule has 108 valence electrons. The maximum absolute atomic E-state index is 13.5. The summed E-state index contributed by atoms with van der Waals surface area (Å²) in [7, 11) is 0. The number of aromatic nitrogens is 1. The number of pyridine rings is 1. The van der Waals surface area contributed by atoms with E-state index in [9.17, 15) is 18.4 Å². The molecule has 0 bridgehead atoms. The number of nitrogens with zero attached hydrogens (tertiary/aromatic N) is 2. The van der Waals surface area contributed by atoms with Gasteiger partial charge in [-0.25, -0.2) is 24.6 Å². The van der Waals surface area contributed by atoms with Crippen LogP contribution < -0.4 is 5.84 Å². The maximum atomic E-state index is 13.5. The largest absolute Gasteiger partial charge is 0.281 e. The lowest BCUT2D eigenvalue weighted by atomic mass is 10.1. The zero-order valence-electron chi connectivity index (χ0n) is 10.4. The summed E-state index contributed by atoms with van der Waals surface area (Å²) in [6, 6.07) is 5.46. The van der Waals surface area contributed by atoms with Crippen molar-refractivity contribution >= 4 is 23.4 Å². The van der Waals surface area contributed by atoms with E-state index in [1.807, 2.05) is 0 Å². The van der Waals surface area contributed by atoms with E-state index in [0.29, 0.717) is 0 Å². The molecule has 0 unspecified atom stereocenters. The van der Waals surface area contributed by atoms with E-state index in [2.05, 4.69) is 4.98 Å². The molecule has 8 heteroatoms. The van der Waals surface area contributed by atoms with Gasteiger partial charge in [0.05, 0.1) is 5.56 Å². The van der Waals surface area contributed by atoms with Crippen molar-refractivity contribution < 1.29 is 18.4 Å². The number of benzene rings is 1. The van der Waals surface area contributed by atoms with Crippen LogP contribution in [0.2, 0.25) is 5.15 Å². The molecule has 5 nitrogen and oxygen atoms in total. The molecular weight excluding hydrogens is 304 g/mol. The van der Waals surface area contributed by atoms with Gasteiger partial charge in [0, 0.05) is 6.20 Å². The average molecular weight is 312 g/mol. The fraction of sp³-hybridized carbons (Fsp3) is 0. The number of carbonyl (C=O) groups is 2. The van der Waals surface area contributed by atoms with E-state index in [1.165, 1.54) is 12.1 Å². The highest BCUT2D eigenvalue weighted by Gasteiger charge is 2.26. The Morgan fingerprint density at radius 1 is 1.10 bits per heavy atom. The molecule has 2 rings (SSSR count). The van der Waals surface area contributed by atoms with Crippen molar-refractivity contribution in [1.82, 2.24) is 9.99 Å². The number of hydrazine groups is 1. The molecule has 0 fully saturated rings. The fourth-order valence-corrected chi connectivity index (χ4v) is 1.67. The Balaban J connectivity index is 2.31. The topological polar surface area (TPSA) is 76.3 Å². The lowest BCUT2D eigenvalue weighted by molar-refractivity contribution is 0.0610. The van der Waals surface area contributed by atoms with Crippen LogP contribution in [0.15, 0.2) is 36.5 Å². The van der Waals surface area contributed by atoms with Crippen molar-refractivity contribution in [2.24, 2.45) is 5.84 Å². The van der Waals surface area contributed by atoms with Gasteiger partial charge in [0.2, 0.25) is 0 Å². The van der Waals surface area contributed by atoms with E-state index >= 15 is 0 Å². The van der Waals surface area contributed by atoms with Crippen LogP contribution >= 0.6 is 11.6 Å². The molecular formula is C13H8ClF2N3O2. The van der Waals surface area contributed by atoms with Gasteiger partial charge in [0.25, 0.3) is 11.8 Å². The summed E-state index contributed by atoms with van der Waals surface area (Å²) in [5.74, 6) is 0.848. The second kappa shape index (κ2) is 5.94. The second-order valence-electron chi connectivity index (χ2n) is 3.95. The third-order valence-electron chi connectivity index (χ3n) is 2.59. The highest BCUT2D eigenvalue weighted by atomic mass is 35.5. The van der Waals surface area contributed by atoms with Gasteiger partial charge in [-0.2, -0.15) is 0 Å². The normalized spacial score (nSPS) is 10.3. The van der Waals surface area contributed by atoms with E-state index in [4.69, 9.17) is 17.4 Å². The first-order chi connectivity index (χ1) is 9.91. The van der Waals surface area contributed by atoms with Crippen LogP contribution in [0.1, 0.15) is 20.7 Å². The van der Waals surface area contributed by atoms with Crippen molar-refractivity contribution in [3.05, 3.63) is 64.4 Å². The minimum Gasteiger partial charge on any atom is -0.267 e. The standard InChI is InChI=1S/C13H8ClF2N3O2/c14-10-5-4-7(6-18-10)12(20)19(17)13(21)11-8(15)2-1-3-9(11)16/h1-6H,17H2. The Bertz CT molecular complexity index is 687. The summed E-state index contributed by atoms with van der Waals surface area (Å²) < 4.78 is 27.0. The second-order valence-corrected chi connectivity index (χ2v) is 4.33. The van der Waals surface area contributed by atoms with Gasteiger partial charge < -0.3 is 0 Å². The number of rotatable bonds is 2. The Hall–Kier alpha value is -2.38. The molecule has 0 spiro atoms. The molecule has 2 amide bonds. The highest BCUT2D eigenvalue weighted by Crippen LogP contribution is 2.15. The van der Waals surface area contributed by atoms with Crippen molar-refractivity contribution in [2.75, 3.05) is 0 Å². The Morgan fingerprint density at radius 3 is 2.24 bits per heavy atom. The zero-order chi connectivity index (χ0) is 15.6. The van der Waals surface area contributed by atoms with Crippen molar-refractivity contribution in [3.8, 4) is 0 Å². The van der Waals surface area contributed by atoms with E-state index < -0.39 is 29.0 Å². The van der Waals surface area contributed by atoms with Gasteiger partial charge >= 0.3 is 0 Å². The monoisotopic (exact) mass is 311 g/mol. The Morgan fingerprint density at radius 2 is 1.71 bits per heavy atom. The van der Waals surface area contributed by atoms with Gasteiger partial charge in [0.1, 0.15) is 22.4 Å². The molecule has 2 N–H and O–H groups in total. The molecule has 1 aromatic carbocycles. The van der Waals surface area contributed by atoms with Crippen LogP contribution in [0.5, 0.6) is 0 Å². The molecule has 0 radical (unpaired) electrons. The molecule has 1 heterocycles. The first-order valence-corrected chi connectivity index (χ1v) is 5.98. The quantitative estimate of drug-likeness (QED) is 0.303. The third kappa shape index (κ3) is 3.04. The van der Waals surface area contributed by atoms with Gasteiger partial charge in [-0.05, 0) is 24.3 Å². The van der Waals surface area contributed by atoms with Gasteiger partial charge in [0.15, 0.2) is 0 Å². The zero-order valence-corrected chi connectivity index (χ0v) is 11.1. The predicted octanol–water partition coefficient (Wildman–Crippen LogP) is 2.17. The third-order valence-corrected chi connectivity index (χ3v) is 2.81.